The van der Waals surface area contributed by atoms with Crippen molar-refractivity contribution in [1.82, 2.24) is 4.90 Å². The molecular formula is C9H19N3O3S. The van der Waals surface area contributed by atoms with Crippen molar-refractivity contribution in [2.24, 2.45) is 10.9 Å². The van der Waals surface area contributed by atoms with Gasteiger partial charge in [-0.3, -0.25) is 4.79 Å². The highest BCUT2D eigenvalue weighted by Crippen LogP contribution is 2.16. The molecule has 7 heteroatoms. The highest BCUT2D eigenvalue weighted by atomic mass is 32.2. The molecule has 0 saturated carbocycles. The number of carbonyl (C=O) groups excluding carboxylic acids is 1. The Hall–Kier alpha value is -0.660. The predicted octanol–water partition coefficient (Wildman–Crippen LogP) is -0.995. The van der Waals surface area contributed by atoms with E-state index in [1.54, 1.807) is 4.90 Å². The largest absolute Gasteiger partial charge is 0.341 e. The summed E-state index contributed by atoms with van der Waals surface area (Å²) in [7, 11) is -3.59. The van der Waals surface area contributed by atoms with Gasteiger partial charge < -0.3 is 10.6 Å². The lowest BCUT2D eigenvalue weighted by molar-refractivity contribution is -0.127. The van der Waals surface area contributed by atoms with Crippen LogP contribution in [-0.2, 0) is 14.8 Å². The maximum absolute atomic E-state index is 11.5. The topological polar surface area (TPSA) is 106 Å². The molecule has 0 spiro atoms. The molecular weight excluding hydrogens is 230 g/mol. The van der Waals surface area contributed by atoms with Crippen molar-refractivity contribution in [3.8, 4) is 0 Å². The molecule has 0 radical (unpaired) electrons. The number of nitrogens with zero attached hydrogens (tertiary/aromatic N) is 1. The minimum Gasteiger partial charge on any atom is -0.341 e. The summed E-state index contributed by atoms with van der Waals surface area (Å²) >= 11 is 0. The van der Waals surface area contributed by atoms with E-state index in [4.69, 9.17) is 10.9 Å². The molecule has 0 aromatic carbocycles. The number of carbonyl (C=O) groups is 1. The average molecular weight is 249 g/mol. The van der Waals surface area contributed by atoms with Crippen molar-refractivity contribution in [1.29, 1.82) is 0 Å². The first-order valence-electron chi connectivity index (χ1n) is 5.44. The van der Waals surface area contributed by atoms with Crippen molar-refractivity contribution >= 4 is 15.9 Å². The number of nitrogens with two attached hydrogens (primary N) is 2. The summed E-state index contributed by atoms with van der Waals surface area (Å²) in [5.41, 5.74) is 5.35. The van der Waals surface area contributed by atoms with E-state index in [1.807, 2.05) is 0 Å². The number of rotatable bonds is 6. The van der Waals surface area contributed by atoms with E-state index < -0.39 is 15.3 Å². The van der Waals surface area contributed by atoms with Crippen molar-refractivity contribution in [2.45, 2.75) is 30.9 Å². The molecule has 0 aliphatic carbocycles. The zero-order chi connectivity index (χ0) is 12.2. The minimum atomic E-state index is -3.59. The molecule has 16 heavy (non-hydrogen) atoms. The van der Waals surface area contributed by atoms with Gasteiger partial charge in [-0.15, -0.1) is 0 Å². The Balaban J connectivity index is 2.37. The van der Waals surface area contributed by atoms with Crippen molar-refractivity contribution in [3.63, 3.8) is 0 Å². The highest BCUT2D eigenvalue weighted by molar-refractivity contribution is 7.89. The molecule has 0 bridgehead atoms. The molecule has 1 aliphatic heterocycles. The SMILES string of the molecule is NCCCCCN1CC(S(N)(=O)=O)CC1=O. The normalized spacial score (nSPS) is 21.8. The van der Waals surface area contributed by atoms with E-state index in [2.05, 4.69) is 0 Å². The Kier molecular flexibility index (Phi) is 4.69. The zero-order valence-corrected chi connectivity index (χ0v) is 10.1. The highest BCUT2D eigenvalue weighted by Gasteiger charge is 2.35. The molecule has 1 rings (SSSR count). The Morgan fingerprint density at radius 3 is 2.50 bits per heavy atom. The summed E-state index contributed by atoms with van der Waals surface area (Å²) in [6, 6.07) is 0. The van der Waals surface area contributed by atoms with Crippen LogP contribution >= 0.6 is 0 Å². The molecule has 1 saturated heterocycles. The molecule has 1 aliphatic rings. The Morgan fingerprint density at radius 1 is 1.31 bits per heavy atom. The third-order valence-corrected chi connectivity index (χ3v) is 4.02. The average Bonchev–Trinajstić information content (AvgIpc) is 2.55. The van der Waals surface area contributed by atoms with Crippen molar-refractivity contribution in [3.05, 3.63) is 0 Å². The van der Waals surface area contributed by atoms with Crippen LogP contribution in [0.1, 0.15) is 25.7 Å². The standard InChI is InChI=1S/C9H19N3O3S/c10-4-2-1-3-5-12-7-8(6-9(12)13)16(11,14)15/h8H,1-7,10H2,(H2,11,14,15). The van der Waals surface area contributed by atoms with Gasteiger partial charge >= 0.3 is 0 Å². The maximum atomic E-state index is 11.5. The smallest absolute Gasteiger partial charge is 0.224 e. The molecule has 1 atom stereocenters. The van der Waals surface area contributed by atoms with Gasteiger partial charge in [-0.2, -0.15) is 0 Å². The van der Waals surface area contributed by atoms with Crippen LogP contribution in [0, 0.1) is 0 Å². The Morgan fingerprint density at radius 2 is 2.00 bits per heavy atom. The van der Waals surface area contributed by atoms with Crippen LogP contribution in [0.2, 0.25) is 0 Å². The summed E-state index contributed by atoms with van der Waals surface area (Å²) < 4.78 is 22.2. The number of hydrogen-bond donors (Lipinski definition) is 2. The lowest BCUT2D eigenvalue weighted by atomic mass is 10.2. The fourth-order valence-corrected chi connectivity index (χ4v) is 2.56. The lowest BCUT2D eigenvalue weighted by Gasteiger charge is -2.15. The van der Waals surface area contributed by atoms with Crippen molar-refractivity contribution in [2.75, 3.05) is 19.6 Å². The van der Waals surface area contributed by atoms with Gasteiger partial charge in [0.1, 0.15) is 5.25 Å². The number of primary sulfonamides is 1. The van der Waals surface area contributed by atoms with Gasteiger partial charge in [0.25, 0.3) is 0 Å². The van der Waals surface area contributed by atoms with Crippen LogP contribution in [0.25, 0.3) is 0 Å². The third kappa shape index (κ3) is 3.73. The summed E-state index contributed by atoms with van der Waals surface area (Å²) in [5.74, 6) is -0.119. The molecule has 1 fully saturated rings. The van der Waals surface area contributed by atoms with Gasteiger partial charge in [0, 0.05) is 19.5 Å². The number of unbranched alkanes of at least 4 members (excludes halogenated alkanes) is 2. The molecule has 0 aromatic rings. The fourth-order valence-electron chi connectivity index (χ4n) is 1.80. The second kappa shape index (κ2) is 5.60. The van der Waals surface area contributed by atoms with Crippen LogP contribution < -0.4 is 10.9 Å². The molecule has 0 aromatic heterocycles. The maximum Gasteiger partial charge on any atom is 0.224 e. The van der Waals surface area contributed by atoms with Crippen LogP contribution in [-0.4, -0.2) is 44.1 Å². The first-order chi connectivity index (χ1) is 7.45. The summed E-state index contributed by atoms with van der Waals surface area (Å²) in [6.07, 6.45) is 2.77. The van der Waals surface area contributed by atoms with Crippen molar-refractivity contribution < 1.29 is 13.2 Å². The van der Waals surface area contributed by atoms with Gasteiger partial charge in [0.2, 0.25) is 15.9 Å². The zero-order valence-electron chi connectivity index (χ0n) is 9.26. The number of hydrogen-bond acceptors (Lipinski definition) is 4. The fraction of sp³-hybridized carbons (Fsp3) is 0.889. The second-order valence-electron chi connectivity index (χ2n) is 4.10. The van der Waals surface area contributed by atoms with Crippen LogP contribution in [0.4, 0.5) is 0 Å². The van der Waals surface area contributed by atoms with E-state index >= 15 is 0 Å². The molecule has 94 valence electrons. The Bertz CT molecular complexity index is 342. The predicted molar refractivity (Wildman–Crippen MR) is 61.0 cm³/mol. The third-order valence-electron chi connectivity index (χ3n) is 2.78. The first-order valence-corrected chi connectivity index (χ1v) is 7.05. The molecule has 1 unspecified atom stereocenters. The number of amides is 1. The van der Waals surface area contributed by atoms with Gasteiger partial charge in [-0.25, -0.2) is 13.6 Å². The van der Waals surface area contributed by atoms with Gasteiger partial charge in [0.05, 0.1) is 0 Å². The van der Waals surface area contributed by atoms with Crippen LogP contribution in [0.15, 0.2) is 0 Å². The minimum absolute atomic E-state index is 0.0235. The molecule has 1 amide bonds. The second-order valence-corrected chi connectivity index (χ2v) is 5.95. The van der Waals surface area contributed by atoms with Gasteiger partial charge in [-0.1, -0.05) is 6.42 Å². The van der Waals surface area contributed by atoms with E-state index in [-0.39, 0.29) is 18.9 Å². The monoisotopic (exact) mass is 249 g/mol. The van der Waals surface area contributed by atoms with E-state index in [9.17, 15) is 13.2 Å². The molecule has 1 heterocycles. The number of sulfonamides is 1. The van der Waals surface area contributed by atoms with Crippen LogP contribution in [0.3, 0.4) is 0 Å². The summed E-state index contributed by atoms with van der Waals surface area (Å²) in [6.45, 7) is 1.49. The quantitative estimate of drug-likeness (QED) is 0.589. The van der Waals surface area contributed by atoms with E-state index in [1.165, 1.54) is 0 Å². The molecule has 6 nitrogen and oxygen atoms in total. The van der Waals surface area contributed by atoms with Gasteiger partial charge in [-0.05, 0) is 19.4 Å². The lowest BCUT2D eigenvalue weighted by Crippen LogP contribution is -2.32. The molecule has 4 N–H and O–H groups in total. The van der Waals surface area contributed by atoms with E-state index in [0.717, 1.165) is 19.3 Å². The van der Waals surface area contributed by atoms with Crippen LogP contribution in [0.5, 0.6) is 0 Å². The number of likely N-dealkylation sites (tertiary alicyclic amines) is 1. The van der Waals surface area contributed by atoms with E-state index in [0.29, 0.717) is 13.1 Å². The van der Waals surface area contributed by atoms with Gasteiger partial charge in [0.15, 0.2) is 0 Å². The first kappa shape index (κ1) is 13.4. The summed E-state index contributed by atoms with van der Waals surface area (Å²) in [4.78, 5) is 13.1. The summed E-state index contributed by atoms with van der Waals surface area (Å²) in [5, 5.41) is 4.29. The Labute approximate surface area is 96.0 Å².